The van der Waals surface area contributed by atoms with E-state index >= 15 is 0 Å². The van der Waals surface area contributed by atoms with Crippen molar-refractivity contribution in [3.8, 4) is 0 Å². The summed E-state index contributed by atoms with van der Waals surface area (Å²) in [7, 11) is 0. The maximum Gasteiger partial charge on any atom is 0.0937 e. The summed E-state index contributed by atoms with van der Waals surface area (Å²) in [6.07, 6.45) is 4.47. The van der Waals surface area contributed by atoms with Crippen molar-refractivity contribution in [1.29, 1.82) is 0 Å². The fourth-order valence-electron chi connectivity index (χ4n) is 1.87. The molecular weight excluding hydrogens is 232 g/mol. The van der Waals surface area contributed by atoms with Crippen molar-refractivity contribution in [3.05, 3.63) is 16.6 Å². The minimum absolute atomic E-state index is 0.529. The molecule has 98 valence electrons. The molecule has 4 heteroatoms. The zero-order chi connectivity index (χ0) is 12.7. The van der Waals surface area contributed by atoms with Crippen molar-refractivity contribution in [1.82, 2.24) is 9.88 Å². The van der Waals surface area contributed by atoms with Gasteiger partial charge in [0.05, 0.1) is 10.6 Å². The van der Waals surface area contributed by atoms with Crippen molar-refractivity contribution < 1.29 is 5.11 Å². The summed E-state index contributed by atoms with van der Waals surface area (Å²) < 4.78 is 0. The van der Waals surface area contributed by atoms with Gasteiger partial charge in [0.25, 0.3) is 0 Å². The van der Waals surface area contributed by atoms with E-state index in [4.69, 9.17) is 0 Å². The average Bonchev–Trinajstić information content (AvgIpc) is 2.87. The van der Waals surface area contributed by atoms with Crippen molar-refractivity contribution in [2.75, 3.05) is 19.6 Å². The van der Waals surface area contributed by atoms with E-state index in [-0.39, 0.29) is 0 Å². The molecule has 0 aliphatic heterocycles. The molecule has 3 nitrogen and oxygen atoms in total. The Bertz CT molecular complexity index is 296. The van der Waals surface area contributed by atoms with Crippen LogP contribution in [0.2, 0.25) is 0 Å². The number of aromatic nitrogens is 1. The Morgan fingerprint density at radius 3 is 2.53 bits per heavy atom. The number of hydrogen-bond acceptors (Lipinski definition) is 4. The van der Waals surface area contributed by atoms with Gasteiger partial charge in [-0.25, -0.2) is 4.98 Å². The predicted molar refractivity (Wildman–Crippen MR) is 73.5 cm³/mol. The normalized spacial score (nSPS) is 12.3. The second-order valence-electron chi connectivity index (χ2n) is 4.48. The van der Waals surface area contributed by atoms with Crippen LogP contribution in [0.3, 0.4) is 0 Å². The molecule has 0 aromatic carbocycles. The lowest BCUT2D eigenvalue weighted by Crippen LogP contribution is -2.43. The molecule has 0 radical (unpaired) electrons. The Labute approximate surface area is 108 Å². The van der Waals surface area contributed by atoms with Gasteiger partial charge in [-0.2, -0.15) is 0 Å². The Kier molecular flexibility index (Phi) is 6.09. The van der Waals surface area contributed by atoms with Gasteiger partial charge in [0.1, 0.15) is 0 Å². The first kappa shape index (κ1) is 14.6. The molecule has 0 fully saturated rings. The number of aliphatic hydroxyl groups is 1. The maximum atomic E-state index is 10.3. The van der Waals surface area contributed by atoms with Gasteiger partial charge in [0.2, 0.25) is 0 Å². The molecule has 1 rings (SSSR count). The maximum absolute atomic E-state index is 10.3. The SMILES string of the molecule is CCN(CCc1nccs1)CC(O)(CC)CC. The van der Waals surface area contributed by atoms with Gasteiger partial charge in [-0.05, 0) is 19.4 Å². The summed E-state index contributed by atoms with van der Waals surface area (Å²) in [5, 5.41) is 13.5. The molecule has 1 N–H and O–H groups in total. The number of likely N-dealkylation sites (N-methyl/N-ethyl adjacent to an activating group) is 1. The Hall–Kier alpha value is -0.450. The van der Waals surface area contributed by atoms with Crippen LogP contribution in [0.25, 0.3) is 0 Å². The lowest BCUT2D eigenvalue weighted by Gasteiger charge is -2.32. The van der Waals surface area contributed by atoms with E-state index in [1.807, 2.05) is 11.6 Å². The Morgan fingerprint density at radius 2 is 2.06 bits per heavy atom. The first-order chi connectivity index (χ1) is 8.13. The molecule has 0 amide bonds. The summed E-state index contributed by atoms with van der Waals surface area (Å²) >= 11 is 1.70. The van der Waals surface area contributed by atoms with Gasteiger partial charge >= 0.3 is 0 Å². The quantitative estimate of drug-likeness (QED) is 0.776. The van der Waals surface area contributed by atoms with Crippen LogP contribution in [0.1, 0.15) is 38.6 Å². The van der Waals surface area contributed by atoms with E-state index < -0.39 is 5.60 Å². The molecule has 0 unspecified atom stereocenters. The average molecular weight is 256 g/mol. The van der Waals surface area contributed by atoms with E-state index in [9.17, 15) is 5.11 Å². The highest BCUT2D eigenvalue weighted by Crippen LogP contribution is 2.17. The zero-order valence-corrected chi connectivity index (χ0v) is 12.0. The molecule has 1 aromatic rings. The van der Waals surface area contributed by atoms with Gasteiger partial charge in [0, 0.05) is 31.1 Å². The van der Waals surface area contributed by atoms with E-state index in [2.05, 4.69) is 30.7 Å². The summed E-state index contributed by atoms with van der Waals surface area (Å²) in [4.78, 5) is 6.60. The molecule has 0 aliphatic rings. The van der Waals surface area contributed by atoms with Gasteiger partial charge in [-0.1, -0.05) is 20.8 Å². The third-order valence-electron chi connectivity index (χ3n) is 3.41. The van der Waals surface area contributed by atoms with Crippen LogP contribution in [-0.2, 0) is 6.42 Å². The second-order valence-corrected chi connectivity index (χ2v) is 5.46. The van der Waals surface area contributed by atoms with Gasteiger partial charge in [0.15, 0.2) is 0 Å². The number of thiazole rings is 1. The predicted octanol–water partition coefficient (Wildman–Crippen LogP) is 2.56. The van der Waals surface area contributed by atoms with Gasteiger partial charge in [-0.3, -0.25) is 0 Å². The van der Waals surface area contributed by atoms with E-state index in [0.29, 0.717) is 0 Å². The minimum atomic E-state index is -0.529. The third-order valence-corrected chi connectivity index (χ3v) is 4.25. The summed E-state index contributed by atoms with van der Waals surface area (Å²) in [6.45, 7) is 8.98. The molecule has 1 aromatic heterocycles. The summed E-state index contributed by atoms with van der Waals surface area (Å²) in [6, 6.07) is 0. The van der Waals surface area contributed by atoms with Crippen molar-refractivity contribution in [2.24, 2.45) is 0 Å². The summed E-state index contributed by atoms with van der Waals surface area (Å²) in [5.74, 6) is 0. The molecule has 1 heterocycles. The van der Waals surface area contributed by atoms with E-state index in [1.165, 1.54) is 5.01 Å². The first-order valence-corrected chi connectivity index (χ1v) is 7.34. The monoisotopic (exact) mass is 256 g/mol. The molecular formula is C13H24N2OS. The number of rotatable bonds is 8. The molecule has 0 spiro atoms. The van der Waals surface area contributed by atoms with Crippen LogP contribution in [0.5, 0.6) is 0 Å². The molecule has 0 bridgehead atoms. The minimum Gasteiger partial charge on any atom is -0.389 e. The van der Waals surface area contributed by atoms with Crippen molar-refractivity contribution in [3.63, 3.8) is 0 Å². The lowest BCUT2D eigenvalue weighted by atomic mass is 9.97. The molecule has 17 heavy (non-hydrogen) atoms. The highest BCUT2D eigenvalue weighted by Gasteiger charge is 2.24. The first-order valence-electron chi connectivity index (χ1n) is 6.46. The van der Waals surface area contributed by atoms with Crippen LogP contribution >= 0.6 is 11.3 Å². The fraction of sp³-hybridized carbons (Fsp3) is 0.769. The molecule has 0 saturated heterocycles. The van der Waals surface area contributed by atoms with Crippen LogP contribution in [0, 0.1) is 0 Å². The molecule has 0 aliphatic carbocycles. The number of nitrogens with zero attached hydrogens (tertiary/aromatic N) is 2. The topological polar surface area (TPSA) is 36.4 Å². The smallest absolute Gasteiger partial charge is 0.0937 e. The second kappa shape index (κ2) is 7.09. The third kappa shape index (κ3) is 4.74. The molecule has 0 atom stereocenters. The summed E-state index contributed by atoms with van der Waals surface area (Å²) in [5.41, 5.74) is -0.529. The standard InChI is InChI=1S/C13H24N2OS/c1-4-13(16,5-2)11-15(6-3)9-7-12-14-8-10-17-12/h8,10,16H,4-7,9,11H2,1-3H3. The van der Waals surface area contributed by atoms with E-state index in [1.54, 1.807) is 11.3 Å². The highest BCUT2D eigenvalue weighted by atomic mass is 32.1. The molecule has 0 saturated carbocycles. The van der Waals surface area contributed by atoms with Crippen LogP contribution in [0.4, 0.5) is 0 Å². The Balaban J connectivity index is 2.43. The lowest BCUT2D eigenvalue weighted by molar-refractivity contribution is -0.00187. The largest absolute Gasteiger partial charge is 0.389 e. The van der Waals surface area contributed by atoms with Gasteiger partial charge < -0.3 is 10.0 Å². The van der Waals surface area contributed by atoms with Gasteiger partial charge in [-0.15, -0.1) is 11.3 Å². The number of hydrogen-bond donors (Lipinski definition) is 1. The Morgan fingerprint density at radius 1 is 1.35 bits per heavy atom. The van der Waals surface area contributed by atoms with Crippen LogP contribution in [0.15, 0.2) is 11.6 Å². The highest BCUT2D eigenvalue weighted by molar-refractivity contribution is 7.09. The van der Waals surface area contributed by atoms with Crippen molar-refractivity contribution >= 4 is 11.3 Å². The zero-order valence-electron chi connectivity index (χ0n) is 11.1. The van der Waals surface area contributed by atoms with Crippen molar-refractivity contribution in [2.45, 2.75) is 45.6 Å². The van der Waals surface area contributed by atoms with Crippen LogP contribution in [-0.4, -0.2) is 40.2 Å². The fourth-order valence-corrected chi connectivity index (χ4v) is 2.48. The van der Waals surface area contributed by atoms with Crippen LogP contribution < -0.4 is 0 Å². The van der Waals surface area contributed by atoms with E-state index in [0.717, 1.165) is 38.9 Å².